The highest BCUT2D eigenvalue weighted by Crippen LogP contribution is 2.30. The first-order valence-corrected chi connectivity index (χ1v) is 7.95. The fourth-order valence-electron chi connectivity index (χ4n) is 2.05. The lowest BCUT2D eigenvalue weighted by Gasteiger charge is -2.12. The van der Waals surface area contributed by atoms with Crippen LogP contribution in [0, 0.1) is 0 Å². The highest BCUT2D eigenvalue weighted by atomic mass is 79.9. The summed E-state index contributed by atoms with van der Waals surface area (Å²) in [5.74, 6) is 0.934. The topological polar surface area (TPSA) is 22.1 Å². The molecule has 2 nitrogen and oxygen atoms in total. The highest BCUT2D eigenvalue weighted by Gasteiger charge is 2.08. The fourth-order valence-corrected chi connectivity index (χ4v) is 3.14. The third-order valence-corrected chi connectivity index (χ3v) is 4.30. The molecule has 19 heavy (non-hydrogen) atoms. The van der Waals surface area contributed by atoms with Gasteiger partial charge in [0.1, 0.15) is 12.4 Å². The monoisotopic (exact) mass is 333 g/mol. The summed E-state index contributed by atoms with van der Waals surface area (Å²) in [4.78, 5) is 5.19. The van der Waals surface area contributed by atoms with E-state index in [1.807, 2.05) is 17.8 Å². The third-order valence-electron chi connectivity index (χ3n) is 2.98. The molecule has 0 N–H and O–H groups in total. The van der Waals surface area contributed by atoms with Crippen LogP contribution in [0.3, 0.4) is 0 Å². The fraction of sp³-hybridized carbons (Fsp3) is 0.133. The Hall–Kier alpha value is -1.39. The number of hydrogen-bond donors (Lipinski definition) is 0. The number of nitrogens with zero attached hydrogens (tertiary/aromatic N) is 1. The van der Waals surface area contributed by atoms with Gasteiger partial charge < -0.3 is 4.74 Å². The molecule has 1 heterocycles. The van der Waals surface area contributed by atoms with Crippen LogP contribution in [0.25, 0.3) is 10.8 Å². The molecule has 4 heteroatoms. The Labute approximate surface area is 124 Å². The largest absolute Gasteiger partial charge is 0.488 e. The van der Waals surface area contributed by atoms with Gasteiger partial charge in [-0.3, -0.25) is 4.98 Å². The van der Waals surface area contributed by atoms with Crippen molar-refractivity contribution in [3.8, 4) is 5.75 Å². The van der Waals surface area contributed by atoms with Gasteiger partial charge in [0.05, 0.1) is 10.4 Å². The van der Waals surface area contributed by atoms with Gasteiger partial charge in [-0.05, 0) is 16.8 Å². The van der Waals surface area contributed by atoms with Crippen molar-refractivity contribution >= 4 is 38.0 Å². The van der Waals surface area contributed by atoms with Gasteiger partial charge in [0, 0.05) is 17.1 Å². The van der Waals surface area contributed by atoms with Crippen LogP contribution in [0.2, 0.25) is 0 Å². The predicted molar refractivity (Wildman–Crippen MR) is 83.0 cm³/mol. The molecule has 0 aliphatic heterocycles. The Morgan fingerprint density at radius 1 is 1.16 bits per heavy atom. The number of benzene rings is 2. The molecule has 96 valence electrons. The Bertz CT molecular complexity index is 682. The summed E-state index contributed by atoms with van der Waals surface area (Å²) in [6.07, 6.45) is 1.85. The number of ether oxygens (including phenoxy) is 1. The maximum atomic E-state index is 5.92. The minimum atomic E-state index is 0.572. The zero-order valence-corrected chi connectivity index (χ0v) is 12.6. The molecule has 0 fully saturated rings. The van der Waals surface area contributed by atoms with Gasteiger partial charge in [0.25, 0.3) is 0 Å². The maximum Gasteiger partial charge on any atom is 0.124 e. The molecule has 0 radical (unpaired) electrons. The van der Waals surface area contributed by atoms with Crippen LogP contribution < -0.4 is 4.74 Å². The normalized spacial score (nSPS) is 10.8. The second-order valence-electron chi connectivity index (χ2n) is 4.15. The van der Waals surface area contributed by atoms with E-state index in [9.17, 15) is 0 Å². The molecule has 2 aromatic carbocycles. The van der Waals surface area contributed by atoms with Crippen LogP contribution in [-0.2, 0) is 11.9 Å². The van der Waals surface area contributed by atoms with Crippen LogP contribution in [-0.4, -0.2) is 4.98 Å². The van der Waals surface area contributed by atoms with E-state index in [2.05, 4.69) is 51.2 Å². The van der Waals surface area contributed by atoms with Crippen molar-refractivity contribution in [3.05, 3.63) is 58.5 Å². The molecule has 0 aliphatic carbocycles. The van der Waals surface area contributed by atoms with Crippen molar-refractivity contribution in [2.75, 3.05) is 0 Å². The van der Waals surface area contributed by atoms with E-state index in [1.54, 1.807) is 11.3 Å². The number of halogens is 1. The Morgan fingerprint density at radius 2 is 2.05 bits per heavy atom. The first-order chi connectivity index (χ1) is 9.38. The SMILES string of the molecule is BrCc1c(OCc2cncs2)ccc2ccccc12. The number of alkyl halides is 1. The quantitative estimate of drug-likeness (QED) is 0.641. The molecule has 3 rings (SSSR count). The molecular formula is C15H12BrNOS. The van der Waals surface area contributed by atoms with E-state index >= 15 is 0 Å². The summed E-state index contributed by atoms with van der Waals surface area (Å²) in [7, 11) is 0. The maximum absolute atomic E-state index is 5.92. The molecule has 0 atom stereocenters. The van der Waals surface area contributed by atoms with Gasteiger partial charge in [0.15, 0.2) is 0 Å². The lowest BCUT2D eigenvalue weighted by Crippen LogP contribution is -1.96. The van der Waals surface area contributed by atoms with E-state index in [0.29, 0.717) is 6.61 Å². The van der Waals surface area contributed by atoms with Crippen LogP contribution in [0.5, 0.6) is 5.75 Å². The van der Waals surface area contributed by atoms with Gasteiger partial charge in [-0.1, -0.05) is 46.3 Å². The number of aromatic nitrogens is 1. The summed E-state index contributed by atoms with van der Waals surface area (Å²) >= 11 is 5.17. The van der Waals surface area contributed by atoms with Crippen molar-refractivity contribution in [1.82, 2.24) is 4.98 Å². The Balaban J connectivity index is 1.94. The van der Waals surface area contributed by atoms with Gasteiger partial charge >= 0.3 is 0 Å². The third kappa shape index (κ3) is 2.65. The lowest BCUT2D eigenvalue weighted by atomic mass is 10.0. The Kier molecular flexibility index (Phi) is 3.80. The molecule has 0 spiro atoms. The first-order valence-electron chi connectivity index (χ1n) is 5.95. The van der Waals surface area contributed by atoms with Gasteiger partial charge in [-0.2, -0.15) is 0 Å². The van der Waals surface area contributed by atoms with Crippen molar-refractivity contribution in [3.63, 3.8) is 0 Å². The van der Waals surface area contributed by atoms with Crippen molar-refractivity contribution in [2.24, 2.45) is 0 Å². The average molecular weight is 334 g/mol. The van der Waals surface area contributed by atoms with E-state index in [0.717, 1.165) is 16.0 Å². The minimum absolute atomic E-state index is 0.572. The van der Waals surface area contributed by atoms with E-state index in [-0.39, 0.29) is 0 Å². The predicted octanol–water partition coefficient (Wildman–Crippen LogP) is 4.77. The smallest absolute Gasteiger partial charge is 0.124 e. The number of hydrogen-bond acceptors (Lipinski definition) is 3. The van der Waals surface area contributed by atoms with Crippen molar-refractivity contribution in [1.29, 1.82) is 0 Å². The van der Waals surface area contributed by atoms with Crippen LogP contribution >= 0.6 is 27.3 Å². The number of thiazole rings is 1. The highest BCUT2D eigenvalue weighted by molar-refractivity contribution is 9.08. The molecule has 3 aromatic rings. The molecule has 0 saturated carbocycles. The molecule has 0 unspecified atom stereocenters. The summed E-state index contributed by atoms with van der Waals surface area (Å²) in [5.41, 5.74) is 3.02. The summed E-state index contributed by atoms with van der Waals surface area (Å²) in [6.45, 7) is 0.572. The zero-order chi connectivity index (χ0) is 13.1. The summed E-state index contributed by atoms with van der Waals surface area (Å²) in [5, 5.41) is 3.26. The van der Waals surface area contributed by atoms with Crippen LogP contribution in [0.15, 0.2) is 48.1 Å². The second-order valence-corrected chi connectivity index (χ2v) is 5.69. The molecule has 0 aliphatic rings. The standard InChI is InChI=1S/C15H12BrNOS/c16-7-14-13-4-2-1-3-11(13)5-6-15(14)18-9-12-8-17-10-19-12/h1-6,8,10H,7,9H2. The summed E-state index contributed by atoms with van der Waals surface area (Å²) < 4.78 is 5.92. The molecule has 0 amide bonds. The average Bonchev–Trinajstić information content (AvgIpc) is 2.97. The van der Waals surface area contributed by atoms with Gasteiger partial charge in [-0.25, -0.2) is 0 Å². The molecule has 0 saturated heterocycles. The van der Waals surface area contributed by atoms with Crippen molar-refractivity contribution < 1.29 is 4.74 Å². The molecular weight excluding hydrogens is 322 g/mol. The molecule has 0 bridgehead atoms. The van der Waals surface area contributed by atoms with E-state index in [4.69, 9.17) is 4.74 Å². The minimum Gasteiger partial charge on any atom is -0.488 e. The zero-order valence-electron chi connectivity index (χ0n) is 10.2. The number of fused-ring (bicyclic) bond motifs is 1. The first kappa shape index (κ1) is 12.6. The Morgan fingerprint density at radius 3 is 2.84 bits per heavy atom. The van der Waals surface area contributed by atoms with Gasteiger partial charge in [-0.15, -0.1) is 11.3 Å². The summed E-state index contributed by atoms with van der Waals surface area (Å²) in [6, 6.07) is 12.5. The van der Waals surface area contributed by atoms with Crippen LogP contribution in [0.4, 0.5) is 0 Å². The number of rotatable bonds is 4. The van der Waals surface area contributed by atoms with Crippen LogP contribution in [0.1, 0.15) is 10.4 Å². The van der Waals surface area contributed by atoms with Gasteiger partial charge in [0.2, 0.25) is 0 Å². The van der Waals surface area contributed by atoms with E-state index in [1.165, 1.54) is 16.3 Å². The second kappa shape index (κ2) is 5.72. The van der Waals surface area contributed by atoms with E-state index < -0.39 is 0 Å². The molecule has 1 aromatic heterocycles. The van der Waals surface area contributed by atoms with Crippen molar-refractivity contribution in [2.45, 2.75) is 11.9 Å². The lowest BCUT2D eigenvalue weighted by molar-refractivity contribution is 0.308.